The molecule has 0 bridgehead atoms. The number of nitrogens with zero attached hydrogens (tertiary/aromatic N) is 3. The Kier molecular flexibility index (Phi) is 14.4. The normalized spacial score (nSPS) is 38.1. The van der Waals surface area contributed by atoms with Crippen LogP contribution in [0.5, 0.6) is 0 Å². The van der Waals surface area contributed by atoms with Crippen LogP contribution in [0.2, 0.25) is 0 Å². The van der Waals surface area contributed by atoms with Gasteiger partial charge in [-0.15, -0.1) is 0 Å². The molecule has 0 aromatic rings. The predicted octanol–water partition coefficient (Wildman–Crippen LogP) is 3.84. The van der Waals surface area contributed by atoms with Gasteiger partial charge in [-0.3, -0.25) is 49.8 Å². The molecule has 4 saturated heterocycles. The largest absolute Gasteiger partial charge is 0.393 e. The molecule has 8 rings (SSSR count). The molecule has 0 radical (unpaired) electrons. The summed E-state index contributed by atoms with van der Waals surface area (Å²) in [6.07, 6.45) is 19.6. The molecule has 8 aliphatic rings. The lowest BCUT2D eigenvalue weighted by Crippen LogP contribution is -2.66. The molecule has 0 aromatic carbocycles. The minimum absolute atomic E-state index is 0.0285. The van der Waals surface area contributed by atoms with E-state index in [9.17, 15) is 24.3 Å². The quantitative estimate of drug-likeness (QED) is 0.168. The fourth-order valence-electron chi connectivity index (χ4n) is 12.3. The van der Waals surface area contributed by atoms with Crippen molar-refractivity contribution in [2.75, 3.05) is 52.4 Å². The Morgan fingerprint density at radius 2 is 1.36 bits per heavy atom. The third kappa shape index (κ3) is 9.76. The number of aliphatic hydroxyl groups is 1. The van der Waals surface area contributed by atoms with Crippen LogP contribution in [0.15, 0.2) is 11.1 Å². The lowest BCUT2D eigenvalue weighted by atomic mass is 9.68. The van der Waals surface area contributed by atoms with Crippen molar-refractivity contribution in [2.24, 2.45) is 29.6 Å². The molecular formula is C45H72N6O7. The fraction of sp³-hybridized carbons (Fsp3) is 0.867. The summed E-state index contributed by atoms with van der Waals surface area (Å²) in [5.74, 6) is -0.150. The Labute approximate surface area is 346 Å². The van der Waals surface area contributed by atoms with Crippen molar-refractivity contribution < 1.29 is 33.8 Å². The first-order valence-corrected chi connectivity index (χ1v) is 23.6. The van der Waals surface area contributed by atoms with E-state index in [4.69, 9.17) is 9.47 Å². The highest BCUT2D eigenvalue weighted by molar-refractivity contribution is 6.10. The van der Waals surface area contributed by atoms with E-state index in [1.807, 2.05) is 11.1 Å². The molecule has 13 nitrogen and oxygen atoms in total. The van der Waals surface area contributed by atoms with Gasteiger partial charge in [-0.05, 0) is 114 Å². The minimum atomic E-state index is -0.887. The van der Waals surface area contributed by atoms with Gasteiger partial charge >= 0.3 is 0 Å². The number of rotatable bonds is 12. The zero-order valence-electron chi connectivity index (χ0n) is 35.2. The number of carbonyl (C=O) groups is 4. The van der Waals surface area contributed by atoms with Crippen LogP contribution in [0.3, 0.4) is 0 Å². The van der Waals surface area contributed by atoms with Gasteiger partial charge in [0.15, 0.2) is 0 Å². The van der Waals surface area contributed by atoms with Crippen molar-refractivity contribution in [3.63, 3.8) is 0 Å². The summed E-state index contributed by atoms with van der Waals surface area (Å²) >= 11 is 0. The third-order valence-corrected chi connectivity index (χ3v) is 15.5. The van der Waals surface area contributed by atoms with E-state index < -0.39 is 23.8 Å². The summed E-state index contributed by atoms with van der Waals surface area (Å²) in [7, 11) is 0. The zero-order valence-corrected chi connectivity index (χ0v) is 35.2. The van der Waals surface area contributed by atoms with E-state index in [2.05, 4.69) is 32.7 Å². The molecule has 4 unspecified atom stereocenters. The summed E-state index contributed by atoms with van der Waals surface area (Å²) in [4.78, 5) is 56.8. The van der Waals surface area contributed by atoms with Gasteiger partial charge in [0.2, 0.25) is 23.6 Å². The summed E-state index contributed by atoms with van der Waals surface area (Å²) in [6.45, 7) is 9.65. The van der Waals surface area contributed by atoms with E-state index in [0.717, 1.165) is 76.1 Å². The van der Waals surface area contributed by atoms with Crippen molar-refractivity contribution in [2.45, 2.75) is 166 Å². The summed E-state index contributed by atoms with van der Waals surface area (Å²) in [5.41, 5.74) is 3.66. The van der Waals surface area contributed by atoms with E-state index in [1.165, 1.54) is 77.0 Å². The Bertz CT molecular complexity index is 1470. The van der Waals surface area contributed by atoms with Crippen LogP contribution in [0.4, 0.5) is 0 Å². The van der Waals surface area contributed by atoms with Crippen LogP contribution in [0, 0.1) is 29.6 Å². The van der Waals surface area contributed by atoms with Gasteiger partial charge in [0.25, 0.3) is 0 Å². The fourth-order valence-corrected chi connectivity index (χ4v) is 12.3. The van der Waals surface area contributed by atoms with Crippen LogP contribution in [-0.4, -0.2) is 133 Å². The van der Waals surface area contributed by atoms with Gasteiger partial charge in [0.1, 0.15) is 12.3 Å². The van der Waals surface area contributed by atoms with Gasteiger partial charge in [-0.2, -0.15) is 0 Å². The molecule has 0 aromatic heterocycles. The van der Waals surface area contributed by atoms with Crippen LogP contribution in [-0.2, 0) is 28.7 Å². The first-order valence-electron chi connectivity index (χ1n) is 23.6. The van der Waals surface area contributed by atoms with Gasteiger partial charge in [0.05, 0.1) is 42.9 Å². The number of hydrogen-bond donors (Lipinski definition) is 4. The first-order chi connectivity index (χ1) is 28.2. The molecule has 4 saturated carbocycles. The Balaban J connectivity index is 0.724. The van der Waals surface area contributed by atoms with Gasteiger partial charge in [-0.25, -0.2) is 0 Å². The number of imide groups is 2. The highest BCUT2D eigenvalue weighted by atomic mass is 16.5. The molecule has 4 aliphatic carbocycles. The molecule has 8 fully saturated rings. The number of ether oxygens (including phenoxy) is 2. The number of carbonyl (C=O) groups excluding carboxylic acids is 4. The number of piperazine rings is 1. The van der Waals surface area contributed by atoms with Crippen LogP contribution in [0.25, 0.3) is 0 Å². The number of amides is 4. The van der Waals surface area contributed by atoms with E-state index in [0.29, 0.717) is 37.2 Å². The van der Waals surface area contributed by atoms with Crippen molar-refractivity contribution in [3.05, 3.63) is 11.1 Å². The molecule has 58 heavy (non-hydrogen) atoms. The second-order valence-electron chi connectivity index (χ2n) is 19.0. The lowest BCUT2D eigenvalue weighted by Gasteiger charge is -2.43. The van der Waals surface area contributed by atoms with E-state index >= 15 is 0 Å². The topological polar surface area (TPSA) is 153 Å². The standard InChI is InChI=1S/C45H72N6O7/c1-2-36(29-6-4-3-5-7-29)41(30-8-12-32(52)13-9-30)31-10-14-33(15-11-31)57-25-24-49-20-22-50(23-21-49)45-46-27-35(28-47-45)58-34-16-17-37-38(26-34)44(56)51(43(37)55)39-18-19-40(53)48-42(39)54/h29-35,37-39,45-47,52H,2-28H2,1H3,(H,48,53,54)/b41-36-. The van der Waals surface area contributed by atoms with Crippen LogP contribution < -0.4 is 16.0 Å². The zero-order chi connectivity index (χ0) is 40.2. The predicted molar refractivity (Wildman–Crippen MR) is 219 cm³/mol. The van der Waals surface area contributed by atoms with Gasteiger partial charge in [-0.1, -0.05) is 37.3 Å². The molecule has 13 heteroatoms. The van der Waals surface area contributed by atoms with Crippen molar-refractivity contribution in [3.8, 4) is 0 Å². The molecular weight excluding hydrogens is 737 g/mol. The van der Waals surface area contributed by atoms with E-state index in [-0.39, 0.29) is 55.2 Å². The first kappa shape index (κ1) is 42.4. The average molecular weight is 809 g/mol. The second kappa shape index (κ2) is 19.6. The Morgan fingerprint density at radius 1 is 0.707 bits per heavy atom. The number of piperidine rings is 1. The number of fused-ring (bicyclic) bond motifs is 1. The minimum Gasteiger partial charge on any atom is -0.393 e. The molecule has 4 atom stereocenters. The maximum atomic E-state index is 13.4. The molecule has 4 amide bonds. The monoisotopic (exact) mass is 809 g/mol. The summed E-state index contributed by atoms with van der Waals surface area (Å²) in [5, 5.41) is 19.9. The van der Waals surface area contributed by atoms with Crippen LogP contribution >= 0.6 is 0 Å². The lowest BCUT2D eigenvalue weighted by molar-refractivity contribution is -0.151. The highest BCUT2D eigenvalue weighted by Crippen LogP contribution is 2.46. The number of likely N-dealkylation sites (tertiary alicyclic amines) is 1. The van der Waals surface area contributed by atoms with Gasteiger partial charge in [0, 0.05) is 52.2 Å². The summed E-state index contributed by atoms with van der Waals surface area (Å²) in [6, 6.07) is -0.887. The Hall–Kier alpha value is -2.26. The maximum absolute atomic E-state index is 13.4. The highest BCUT2D eigenvalue weighted by Gasteiger charge is 2.54. The second-order valence-corrected chi connectivity index (χ2v) is 19.0. The number of aliphatic hydroxyl groups excluding tert-OH is 1. The maximum Gasteiger partial charge on any atom is 0.249 e. The average Bonchev–Trinajstić information content (AvgIpc) is 3.49. The molecule has 324 valence electrons. The number of allylic oxidation sites excluding steroid dienone is 2. The van der Waals surface area contributed by atoms with Crippen LogP contribution in [0.1, 0.15) is 129 Å². The number of nitrogens with one attached hydrogen (secondary N) is 3. The van der Waals surface area contributed by atoms with Crippen molar-refractivity contribution in [1.29, 1.82) is 0 Å². The van der Waals surface area contributed by atoms with Crippen molar-refractivity contribution in [1.82, 2.24) is 30.7 Å². The third-order valence-electron chi connectivity index (χ3n) is 15.5. The van der Waals surface area contributed by atoms with Gasteiger partial charge < -0.3 is 14.6 Å². The smallest absolute Gasteiger partial charge is 0.249 e. The van der Waals surface area contributed by atoms with E-state index in [1.54, 1.807) is 0 Å². The number of hydrogen-bond acceptors (Lipinski definition) is 11. The SMILES string of the molecule is CC/C(=C(\C1CCC(O)CC1)C1CCC(OCCN2CCN(C3NCC(OC4CCC5C(=O)N(C6CCC(=O)NC6=O)C(=O)C5C4)CN3)CC2)CC1)C1CCCCC1. The molecule has 4 N–H and O–H groups in total. The summed E-state index contributed by atoms with van der Waals surface area (Å²) < 4.78 is 13.1. The molecule has 4 heterocycles. The molecule has 4 aliphatic heterocycles. The Morgan fingerprint density at radius 3 is 2.03 bits per heavy atom. The molecule has 0 spiro atoms. The van der Waals surface area contributed by atoms with Crippen molar-refractivity contribution >= 4 is 23.6 Å².